The van der Waals surface area contributed by atoms with Crippen LogP contribution in [-0.2, 0) is 6.54 Å². The molecule has 0 fully saturated rings. The van der Waals surface area contributed by atoms with Crippen molar-refractivity contribution in [1.29, 1.82) is 0 Å². The van der Waals surface area contributed by atoms with E-state index < -0.39 is 0 Å². The van der Waals surface area contributed by atoms with Crippen LogP contribution < -0.4 is 10.6 Å². The van der Waals surface area contributed by atoms with Crippen molar-refractivity contribution < 1.29 is 4.42 Å². The van der Waals surface area contributed by atoms with E-state index in [-0.39, 0.29) is 11.2 Å². The normalized spacial score (nSPS) is 10.4. The second kappa shape index (κ2) is 4.36. The molecule has 0 aliphatic heterocycles. The molecule has 2 rings (SSSR count). The van der Waals surface area contributed by atoms with Gasteiger partial charge in [0.05, 0.1) is 12.8 Å². The second-order valence-electron chi connectivity index (χ2n) is 3.20. The van der Waals surface area contributed by atoms with E-state index in [4.69, 9.17) is 21.8 Å². The molecule has 0 bridgehead atoms. The van der Waals surface area contributed by atoms with Crippen LogP contribution in [0.5, 0.6) is 0 Å². The third kappa shape index (κ3) is 2.40. The fraction of sp³-hybridized carbons (Fsp3) is 0.222. The largest absolute Gasteiger partial charge is 0.467 e. The summed E-state index contributed by atoms with van der Waals surface area (Å²) in [5.41, 5.74) is 5.47. The number of aromatic nitrogens is 3. The topological polar surface area (TPSA) is 81.1 Å². The number of nitrogen functional groups attached to an aromatic ring is 1. The first-order chi connectivity index (χ1) is 7.65. The van der Waals surface area contributed by atoms with Crippen LogP contribution in [0.2, 0.25) is 5.28 Å². The third-order valence-electron chi connectivity index (χ3n) is 1.93. The Bertz CT molecular complexity index is 453. The number of hydrogen-bond acceptors (Lipinski definition) is 6. The minimum absolute atomic E-state index is 0.0776. The lowest BCUT2D eigenvalue weighted by molar-refractivity contribution is 0.506. The molecule has 0 spiro atoms. The van der Waals surface area contributed by atoms with E-state index >= 15 is 0 Å². The Morgan fingerprint density at radius 2 is 2.25 bits per heavy atom. The molecule has 2 aromatic heterocycles. The maximum absolute atomic E-state index is 5.68. The minimum Gasteiger partial charge on any atom is -0.467 e. The molecule has 0 atom stereocenters. The first-order valence-electron chi connectivity index (χ1n) is 4.56. The highest BCUT2D eigenvalue weighted by Gasteiger charge is 2.09. The molecule has 2 aromatic rings. The van der Waals surface area contributed by atoms with E-state index in [1.807, 2.05) is 19.2 Å². The lowest BCUT2D eigenvalue weighted by Crippen LogP contribution is -2.19. The summed E-state index contributed by atoms with van der Waals surface area (Å²) in [7, 11) is 1.81. The summed E-state index contributed by atoms with van der Waals surface area (Å²) in [5, 5.41) is 0.0776. The van der Waals surface area contributed by atoms with Gasteiger partial charge in [-0.25, -0.2) is 0 Å². The Hall–Kier alpha value is -1.82. The van der Waals surface area contributed by atoms with Crippen LogP contribution in [0.15, 0.2) is 22.8 Å². The van der Waals surface area contributed by atoms with Crippen molar-refractivity contribution >= 4 is 23.5 Å². The van der Waals surface area contributed by atoms with Gasteiger partial charge in [0.15, 0.2) is 0 Å². The highest BCUT2D eigenvalue weighted by atomic mass is 35.5. The van der Waals surface area contributed by atoms with E-state index in [0.29, 0.717) is 12.5 Å². The smallest absolute Gasteiger partial charge is 0.231 e. The number of anilines is 2. The van der Waals surface area contributed by atoms with Gasteiger partial charge in [-0.3, -0.25) is 0 Å². The second-order valence-corrected chi connectivity index (χ2v) is 3.54. The molecular weight excluding hydrogens is 230 g/mol. The van der Waals surface area contributed by atoms with Gasteiger partial charge in [-0.1, -0.05) is 0 Å². The molecular formula is C9H10ClN5O. The molecule has 0 saturated heterocycles. The van der Waals surface area contributed by atoms with E-state index in [0.717, 1.165) is 5.76 Å². The summed E-state index contributed by atoms with van der Waals surface area (Å²) in [6.45, 7) is 0.535. The van der Waals surface area contributed by atoms with Crippen LogP contribution in [0.1, 0.15) is 5.76 Å². The van der Waals surface area contributed by atoms with Gasteiger partial charge in [0.25, 0.3) is 0 Å². The Labute approximate surface area is 97.1 Å². The van der Waals surface area contributed by atoms with E-state index in [9.17, 15) is 0 Å². The first kappa shape index (κ1) is 10.7. The number of halogens is 1. The van der Waals surface area contributed by atoms with E-state index in [2.05, 4.69) is 15.0 Å². The molecule has 16 heavy (non-hydrogen) atoms. The minimum atomic E-state index is 0.0776. The summed E-state index contributed by atoms with van der Waals surface area (Å²) in [4.78, 5) is 13.4. The van der Waals surface area contributed by atoms with Gasteiger partial charge in [-0.05, 0) is 23.7 Å². The van der Waals surface area contributed by atoms with Gasteiger partial charge in [0, 0.05) is 7.05 Å². The molecule has 0 aliphatic rings. The van der Waals surface area contributed by atoms with Crippen LogP contribution in [0.25, 0.3) is 0 Å². The molecule has 0 aromatic carbocycles. The standard InChI is InChI=1S/C9H10ClN5O/c1-15(5-6-3-2-4-16-6)9-13-7(10)12-8(11)14-9/h2-4H,5H2,1H3,(H2,11,12,13,14). The molecule has 84 valence electrons. The van der Waals surface area contributed by atoms with E-state index in [1.54, 1.807) is 11.2 Å². The van der Waals surface area contributed by atoms with Crippen molar-refractivity contribution in [1.82, 2.24) is 15.0 Å². The lowest BCUT2D eigenvalue weighted by Gasteiger charge is -2.15. The summed E-state index contributed by atoms with van der Waals surface area (Å²) in [6.07, 6.45) is 1.61. The van der Waals surface area contributed by atoms with Crippen LogP contribution >= 0.6 is 11.6 Å². The molecule has 2 N–H and O–H groups in total. The fourth-order valence-corrected chi connectivity index (χ4v) is 1.39. The molecule has 0 amide bonds. The molecule has 0 saturated carbocycles. The maximum atomic E-state index is 5.68. The molecule has 6 nitrogen and oxygen atoms in total. The Morgan fingerprint density at radius 1 is 1.44 bits per heavy atom. The average Bonchev–Trinajstić information content (AvgIpc) is 2.68. The lowest BCUT2D eigenvalue weighted by atomic mass is 10.4. The SMILES string of the molecule is CN(Cc1ccco1)c1nc(N)nc(Cl)n1. The van der Waals surface area contributed by atoms with Gasteiger partial charge in [-0.15, -0.1) is 0 Å². The summed E-state index contributed by atoms with van der Waals surface area (Å²) < 4.78 is 5.21. The van der Waals surface area contributed by atoms with Crippen molar-refractivity contribution in [3.05, 3.63) is 29.4 Å². The van der Waals surface area contributed by atoms with Gasteiger partial charge in [-0.2, -0.15) is 15.0 Å². The van der Waals surface area contributed by atoms with Crippen molar-refractivity contribution in [2.75, 3.05) is 17.7 Å². The van der Waals surface area contributed by atoms with E-state index in [1.165, 1.54) is 0 Å². The highest BCUT2D eigenvalue weighted by molar-refractivity contribution is 6.28. The predicted octanol–water partition coefficient (Wildman–Crippen LogP) is 1.34. The maximum Gasteiger partial charge on any atom is 0.231 e. The summed E-state index contributed by atoms with van der Waals surface area (Å²) in [5.74, 6) is 1.31. The number of furan rings is 1. The number of hydrogen-bond donors (Lipinski definition) is 1. The molecule has 7 heteroatoms. The summed E-state index contributed by atoms with van der Waals surface area (Å²) in [6, 6.07) is 3.68. The fourth-order valence-electron chi connectivity index (χ4n) is 1.23. The number of nitrogens with two attached hydrogens (primary N) is 1. The number of nitrogens with zero attached hydrogens (tertiary/aromatic N) is 4. The van der Waals surface area contributed by atoms with Crippen molar-refractivity contribution in [3.8, 4) is 0 Å². The van der Waals surface area contributed by atoms with Crippen molar-refractivity contribution in [2.45, 2.75) is 6.54 Å². The molecule has 0 aliphatic carbocycles. The van der Waals surface area contributed by atoms with Crippen LogP contribution in [0.4, 0.5) is 11.9 Å². The zero-order chi connectivity index (χ0) is 11.5. The van der Waals surface area contributed by atoms with Gasteiger partial charge >= 0.3 is 0 Å². The van der Waals surface area contributed by atoms with Gasteiger partial charge in [0.1, 0.15) is 5.76 Å². The average molecular weight is 240 g/mol. The van der Waals surface area contributed by atoms with Crippen LogP contribution in [0.3, 0.4) is 0 Å². The zero-order valence-corrected chi connectivity index (χ0v) is 9.35. The Kier molecular flexibility index (Phi) is 2.91. The van der Waals surface area contributed by atoms with Gasteiger partial charge in [0.2, 0.25) is 17.2 Å². The molecule has 0 unspecified atom stereocenters. The quantitative estimate of drug-likeness (QED) is 0.871. The van der Waals surface area contributed by atoms with Crippen LogP contribution in [0, 0.1) is 0 Å². The number of rotatable bonds is 3. The monoisotopic (exact) mass is 239 g/mol. The van der Waals surface area contributed by atoms with Crippen LogP contribution in [-0.4, -0.2) is 22.0 Å². The van der Waals surface area contributed by atoms with Crippen molar-refractivity contribution in [2.24, 2.45) is 0 Å². The molecule has 0 radical (unpaired) electrons. The third-order valence-corrected chi connectivity index (χ3v) is 2.10. The van der Waals surface area contributed by atoms with Gasteiger partial charge < -0.3 is 15.1 Å². The first-order valence-corrected chi connectivity index (χ1v) is 4.93. The summed E-state index contributed by atoms with van der Waals surface area (Å²) >= 11 is 5.68. The predicted molar refractivity (Wildman–Crippen MR) is 60.1 cm³/mol. The Balaban J connectivity index is 2.17. The highest BCUT2D eigenvalue weighted by Crippen LogP contribution is 2.13. The zero-order valence-electron chi connectivity index (χ0n) is 8.59. The molecule has 2 heterocycles. The van der Waals surface area contributed by atoms with Crippen molar-refractivity contribution in [3.63, 3.8) is 0 Å². The Morgan fingerprint density at radius 3 is 2.88 bits per heavy atom.